The first-order chi connectivity index (χ1) is 12.8. The lowest BCUT2D eigenvalue weighted by molar-refractivity contribution is 0.195. The molecule has 5 nitrogen and oxygen atoms in total. The average Bonchev–Trinajstić information content (AvgIpc) is 3.11. The lowest BCUT2D eigenvalue weighted by atomic mass is 10.1. The molecular formula is C21H23N3O2. The van der Waals surface area contributed by atoms with Gasteiger partial charge in [0.25, 0.3) is 0 Å². The van der Waals surface area contributed by atoms with Gasteiger partial charge in [0.05, 0.1) is 18.0 Å². The summed E-state index contributed by atoms with van der Waals surface area (Å²) in [5.74, 6) is 1.80. The zero-order chi connectivity index (χ0) is 17.8. The lowest BCUT2D eigenvalue weighted by Crippen LogP contribution is -2.30. The van der Waals surface area contributed by atoms with Crippen LogP contribution in [0.4, 0.5) is 0 Å². The summed E-state index contributed by atoms with van der Waals surface area (Å²) < 4.78 is 5.66. The largest absolute Gasteiger partial charge is 0.491 e. The van der Waals surface area contributed by atoms with E-state index < -0.39 is 0 Å². The van der Waals surface area contributed by atoms with Gasteiger partial charge in [0, 0.05) is 37.2 Å². The van der Waals surface area contributed by atoms with Crippen LogP contribution in [0.2, 0.25) is 0 Å². The van der Waals surface area contributed by atoms with Crippen molar-refractivity contribution in [3.63, 3.8) is 0 Å². The summed E-state index contributed by atoms with van der Waals surface area (Å²) in [6.45, 7) is 2.99. The maximum Gasteiger partial charge on any atom is 0.137 e. The molecule has 3 aromatic rings. The van der Waals surface area contributed by atoms with Crippen LogP contribution >= 0.6 is 0 Å². The maximum absolute atomic E-state index is 9.00. The normalized spacial score (nSPS) is 14.2. The van der Waals surface area contributed by atoms with Crippen LogP contribution in [0.1, 0.15) is 17.0 Å². The molecule has 0 saturated heterocycles. The number of benzene rings is 2. The minimum absolute atomic E-state index is 0.0256. The summed E-state index contributed by atoms with van der Waals surface area (Å²) in [7, 11) is 0. The molecule has 26 heavy (non-hydrogen) atoms. The lowest BCUT2D eigenvalue weighted by Gasteiger charge is -2.26. The number of nitrogens with zero attached hydrogens (tertiary/aromatic N) is 2. The van der Waals surface area contributed by atoms with Crippen LogP contribution in [0.3, 0.4) is 0 Å². The predicted octanol–water partition coefficient (Wildman–Crippen LogP) is 3.01. The number of ether oxygens (including phenoxy) is 1. The topological polar surface area (TPSA) is 61.4 Å². The summed E-state index contributed by atoms with van der Waals surface area (Å²) in [6, 6.07) is 18.3. The smallest absolute Gasteiger partial charge is 0.137 e. The Balaban J connectivity index is 1.48. The summed E-state index contributed by atoms with van der Waals surface area (Å²) in [5, 5.41) is 9.00. The molecule has 0 spiro atoms. The molecule has 2 aromatic carbocycles. The van der Waals surface area contributed by atoms with Crippen molar-refractivity contribution < 1.29 is 9.84 Å². The van der Waals surface area contributed by atoms with Crippen molar-refractivity contribution in [2.45, 2.75) is 19.5 Å². The summed E-state index contributed by atoms with van der Waals surface area (Å²) in [6.07, 6.45) is 0.943. The van der Waals surface area contributed by atoms with Crippen molar-refractivity contribution in [3.8, 4) is 17.1 Å². The second-order valence-corrected chi connectivity index (χ2v) is 6.52. The number of aliphatic hydroxyl groups excluding tert-OH is 1. The highest BCUT2D eigenvalue weighted by Gasteiger charge is 2.21. The Labute approximate surface area is 153 Å². The molecule has 0 radical (unpaired) electrons. The van der Waals surface area contributed by atoms with E-state index in [9.17, 15) is 0 Å². The minimum Gasteiger partial charge on any atom is -0.491 e. The van der Waals surface area contributed by atoms with Crippen LogP contribution in [0.5, 0.6) is 5.75 Å². The third-order valence-corrected chi connectivity index (χ3v) is 4.67. The van der Waals surface area contributed by atoms with E-state index in [1.807, 2.05) is 36.4 Å². The van der Waals surface area contributed by atoms with Crippen LogP contribution in [0.25, 0.3) is 11.4 Å². The highest BCUT2D eigenvalue weighted by Crippen LogP contribution is 2.26. The Bertz CT molecular complexity index is 861. The van der Waals surface area contributed by atoms with Gasteiger partial charge >= 0.3 is 0 Å². The molecule has 2 N–H and O–H groups in total. The molecule has 0 fully saturated rings. The number of H-pyrrole nitrogens is 1. The van der Waals surface area contributed by atoms with Gasteiger partial charge in [-0.1, -0.05) is 48.5 Å². The van der Waals surface area contributed by atoms with Gasteiger partial charge in [-0.05, 0) is 6.07 Å². The Morgan fingerprint density at radius 2 is 1.88 bits per heavy atom. The molecule has 2 heterocycles. The number of hydrogen-bond acceptors (Lipinski definition) is 4. The second-order valence-electron chi connectivity index (χ2n) is 6.52. The molecule has 0 saturated carbocycles. The van der Waals surface area contributed by atoms with Crippen molar-refractivity contribution in [3.05, 3.63) is 71.5 Å². The standard InChI is InChI=1S/C21H23N3O2/c25-12-13-26-20-9-5-4-8-17(20)14-24-11-10-18-19(15-24)23-21(22-18)16-6-2-1-3-7-16/h1-9,25H,10-15H2,(H,22,23). The van der Waals surface area contributed by atoms with Crippen LogP contribution in [-0.2, 0) is 19.5 Å². The quantitative estimate of drug-likeness (QED) is 0.718. The zero-order valence-electron chi connectivity index (χ0n) is 14.7. The number of aromatic amines is 1. The van der Waals surface area contributed by atoms with Gasteiger partial charge in [-0.25, -0.2) is 4.98 Å². The van der Waals surface area contributed by atoms with E-state index in [1.165, 1.54) is 11.4 Å². The van der Waals surface area contributed by atoms with Gasteiger partial charge < -0.3 is 14.8 Å². The highest BCUT2D eigenvalue weighted by atomic mass is 16.5. The van der Waals surface area contributed by atoms with E-state index in [2.05, 4.69) is 28.1 Å². The number of para-hydroxylation sites is 1. The first-order valence-electron chi connectivity index (χ1n) is 9.00. The summed E-state index contributed by atoms with van der Waals surface area (Å²) in [5.41, 5.74) is 4.64. The number of aromatic nitrogens is 2. The predicted molar refractivity (Wildman–Crippen MR) is 101 cm³/mol. The molecule has 1 aliphatic rings. The van der Waals surface area contributed by atoms with Gasteiger partial charge in [-0.15, -0.1) is 0 Å². The molecule has 0 atom stereocenters. The molecule has 1 aromatic heterocycles. The van der Waals surface area contributed by atoms with Gasteiger partial charge in [0.1, 0.15) is 18.2 Å². The highest BCUT2D eigenvalue weighted by molar-refractivity contribution is 5.55. The Hall–Kier alpha value is -2.63. The van der Waals surface area contributed by atoms with Gasteiger partial charge in [-0.2, -0.15) is 0 Å². The van der Waals surface area contributed by atoms with E-state index in [0.717, 1.165) is 48.8 Å². The molecule has 0 unspecified atom stereocenters. The fourth-order valence-corrected chi connectivity index (χ4v) is 3.39. The van der Waals surface area contributed by atoms with Crippen LogP contribution in [0.15, 0.2) is 54.6 Å². The van der Waals surface area contributed by atoms with E-state index >= 15 is 0 Å². The Kier molecular flexibility index (Phi) is 5.00. The van der Waals surface area contributed by atoms with Crippen LogP contribution in [0, 0.1) is 0 Å². The molecule has 5 heteroatoms. The fraction of sp³-hybridized carbons (Fsp3) is 0.286. The van der Waals surface area contributed by atoms with Crippen LogP contribution in [-0.4, -0.2) is 39.7 Å². The SMILES string of the molecule is OCCOc1ccccc1CN1CCc2nc(-c3ccccc3)[nH]c2C1. The first kappa shape index (κ1) is 16.8. The Morgan fingerprint density at radius 1 is 1.08 bits per heavy atom. The molecule has 0 amide bonds. The first-order valence-corrected chi connectivity index (χ1v) is 9.00. The van der Waals surface area contributed by atoms with Crippen molar-refractivity contribution in [2.75, 3.05) is 19.8 Å². The molecule has 4 rings (SSSR count). The van der Waals surface area contributed by atoms with Gasteiger partial charge in [0.2, 0.25) is 0 Å². The van der Waals surface area contributed by atoms with E-state index in [4.69, 9.17) is 14.8 Å². The molecule has 0 aliphatic carbocycles. The van der Waals surface area contributed by atoms with Crippen molar-refractivity contribution >= 4 is 0 Å². The fourth-order valence-electron chi connectivity index (χ4n) is 3.39. The second kappa shape index (κ2) is 7.72. The van der Waals surface area contributed by atoms with Crippen molar-refractivity contribution in [1.29, 1.82) is 0 Å². The zero-order valence-corrected chi connectivity index (χ0v) is 14.7. The van der Waals surface area contributed by atoms with Crippen LogP contribution < -0.4 is 4.74 Å². The van der Waals surface area contributed by atoms with E-state index in [0.29, 0.717) is 6.61 Å². The average molecular weight is 349 g/mol. The number of rotatable bonds is 6. The van der Waals surface area contributed by atoms with Crippen molar-refractivity contribution in [1.82, 2.24) is 14.9 Å². The minimum atomic E-state index is 0.0256. The summed E-state index contributed by atoms with van der Waals surface area (Å²) >= 11 is 0. The number of aliphatic hydroxyl groups is 1. The van der Waals surface area contributed by atoms with Crippen molar-refractivity contribution in [2.24, 2.45) is 0 Å². The maximum atomic E-state index is 9.00. The van der Waals surface area contributed by atoms with Gasteiger partial charge in [-0.3, -0.25) is 4.90 Å². The number of hydrogen-bond donors (Lipinski definition) is 2. The third-order valence-electron chi connectivity index (χ3n) is 4.67. The molecule has 134 valence electrons. The third kappa shape index (κ3) is 3.64. The monoisotopic (exact) mass is 349 g/mol. The molecule has 0 bridgehead atoms. The summed E-state index contributed by atoms with van der Waals surface area (Å²) in [4.78, 5) is 10.7. The Morgan fingerprint density at radius 3 is 2.73 bits per heavy atom. The number of imidazole rings is 1. The van der Waals surface area contributed by atoms with E-state index in [1.54, 1.807) is 0 Å². The van der Waals surface area contributed by atoms with Gasteiger partial charge in [0.15, 0.2) is 0 Å². The van der Waals surface area contributed by atoms with E-state index in [-0.39, 0.29) is 6.61 Å². The number of fused-ring (bicyclic) bond motifs is 1. The number of nitrogens with one attached hydrogen (secondary N) is 1. The molecule has 1 aliphatic heterocycles. The molecular weight excluding hydrogens is 326 g/mol.